The number of rotatable bonds is 6. The molecule has 0 radical (unpaired) electrons. The van der Waals surface area contributed by atoms with Crippen LogP contribution in [0.5, 0.6) is 0 Å². The second-order valence-electron chi connectivity index (χ2n) is 8.38. The second-order valence-corrected chi connectivity index (χ2v) is 9.38. The highest BCUT2D eigenvalue weighted by Crippen LogP contribution is 2.49. The summed E-state index contributed by atoms with van der Waals surface area (Å²) in [4.78, 5) is 17.7. The number of nitrogens with zero attached hydrogens (tertiary/aromatic N) is 4. The van der Waals surface area contributed by atoms with Gasteiger partial charge in [-0.2, -0.15) is 0 Å². The van der Waals surface area contributed by atoms with Gasteiger partial charge >= 0.3 is 0 Å². The number of nitrogens with two attached hydrogens (primary N) is 1. The molecule has 3 rings (SSSR count). The zero-order chi connectivity index (χ0) is 18.9. The van der Waals surface area contributed by atoms with E-state index in [9.17, 15) is 0 Å². The summed E-state index contributed by atoms with van der Waals surface area (Å²) >= 11 is 1.67. The maximum absolute atomic E-state index is 6.37. The van der Waals surface area contributed by atoms with E-state index in [0.29, 0.717) is 6.04 Å². The van der Waals surface area contributed by atoms with E-state index in [0.717, 1.165) is 52.2 Å². The van der Waals surface area contributed by atoms with Crippen molar-refractivity contribution in [2.24, 2.45) is 16.1 Å². The molecule has 2 aliphatic rings. The molecule has 0 saturated heterocycles. The van der Waals surface area contributed by atoms with Gasteiger partial charge in [0, 0.05) is 18.3 Å². The first kappa shape index (κ1) is 22.2. The molecule has 0 atom stereocenters. The Morgan fingerprint density at radius 1 is 1.22 bits per heavy atom. The molecule has 27 heavy (non-hydrogen) atoms. The van der Waals surface area contributed by atoms with Crippen LogP contribution < -0.4 is 10.6 Å². The molecule has 1 aromatic heterocycles. The predicted molar refractivity (Wildman–Crippen MR) is 122 cm³/mol. The number of allylic oxidation sites excluding steroid dienone is 2. The zero-order valence-electron chi connectivity index (χ0n) is 17.1. The van der Waals surface area contributed by atoms with Gasteiger partial charge in [-0.1, -0.05) is 45.4 Å². The van der Waals surface area contributed by atoms with Crippen LogP contribution in [-0.2, 0) is 0 Å². The Bertz CT molecular complexity index is 742. The summed E-state index contributed by atoms with van der Waals surface area (Å²) in [5, 5.41) is 0.928. The molecule has 1 aliphatic carbocycles. The largest absolute Gasteiger partial charge is 0.401 e. The third kappa shape index (κ3) is 4.86. The van der Waals surface area contributed by atoms with E-state index in [-0.39, 0.29) is 22.4 Å². The molecule has 2 heterocycles. The van der Waals surface area contributed by atoms with Crippen molar-refractivity contribution in [1.82, 2.24) is 9.97 Å². The summed E-state index contributed by atoms with van der Waals surface area (Å²) in [6, 6.07) is 0.376. The van der Waals surface area contributed by atoms with Gasteiger partial charge in [0.15, 0.2) is 5.82 Å². The Kier molecular flexibility index (Phi) is 7.36. The van der Waals surface area contributed by atoms with E-state index in [1.54, 1.807) is 18.1 Å². The lowest BCUT2D eigenvalue weighted by atomic mass is 9.78. The van der Waals surface area contributed by atoms with Crippen LogP contribution in [0.3, 0.4) is 0 Å². The smallest absolute Gasteiger partial charge is 0.159 e. The number of aromatic nitrogens is 2. The minimum Gasteiger partial charge on any atom is -0.401 e. The molecule has 5 nitrogen and oxygen atoms in total. The van der Waals surface area contributed by atoms with Crippen LogP contribution in [0, 0.1) is 5.41 Å². The van der Waals surface area contributed by atoms with E-state index in [1.165, 1.54) is 19.3 Å². The minimum absolute atomic E-state index is 0. The molecule has 7 heteroatoms. The molecular formula is C20H32BrN5S. The van der Waals surface area contributed by atoms with Crippen LogP contribution >= 0.6 is 28.7 Å². The van der Waals surface area contributed by atoms with Gasteiger partial charge < -0.3 is 10.6 Å². The van der Waals surface area contributed by atoms with E-state index in [1.807, 2.05) is 0 Å². The van der Waals surface area contributed by atoms with Crippen LogP contribution in [0.2, 0.25) is 0 Å². The molecule has 0 amide bonds. The molecule has 0 saturated carbocycles. The highest BCUT2D eigenvalue weighted by atomic mass is 79.9. The number of hydrogen-bond donors (Lipinski definition) is 1. The SMILES string of the molecule is Br.CCCCCN(c1ncnc2c1N=C1CC(C)(C)CC(N)=C1S2)C(C)C. The van der Waals surface area contributed by atoms with Crippen LogP contribution in [0.4, 0.5) is 11.5 Å². The molecule has 150 valence electrons. The van der Waals surface area contributed by atoms with Gasteiger partial charge in [-0.05, 0) is 38.5 Å². The third-order valence-electron chi connectivity index (χ3n) is 4.98. The van der Waals surface area contributed by atoms with E-state index >= 15 is 0 Å². The van der Waals surface area contributed by atoms with Crippen molar-refractivity contribution in [2.75, 3.05) is 11.4 Å². The van der Waals surface area contributed by atoms with Gasteiger partial charge in [-0.25, -0.2) is 15.0 Å². The lowest BCUT2D eigenvalue weighted by Crippen LogP contribution is -2.33. The maximum Gasteiger partial charge on any atom is 0.159 e. The number of fused-ring (bicyclic) bond motifs is 2. The van der Waals surface area contributed by atoms with Gasteiger partial charge in [-0.15, -0.1) is 17.0 Å². The molecule has 1 aromatic rings. The highest BCUT2D eigenvalue weighted by Gasteiger charge is 2.35. The molecule has 0 aromatic carbocycles. The van der Waals surface area contributed by atoms with E-state index in [4.69, 9.17) is 10.7 Å². The molecule has 0 bridgehead atoms. The predicted octanol–water partition coefficient (Wildman–Crippen LogP) is 5.63. The van der Waals surface area contributed by atoms with Crippen LogP contribution in [-0.4, -0.2) is 28.3 Å². The molecule has 0 fully saturated rings. The summed E-state index contributed by atoms with van der Waals surface area (Å²) in [5.74, 6) is 0.960. The average molecular weight is 454 g/mol. The van der Waals surface area contributed by atoms with Gasteiger partial charge in [0.05, 0.1) is 10.6 Å². The monoisotopic (exact) mass is 453 g/mol. The molecule has 0 unspecified atom stereocenters. The fourth-order valence-corrected chi connectivity index (χ4v) is 4.67. The number of hydrogen-bond acceptors (Lipinski definition) is 6. The van der Waals surface area contributed by atoms with Crippen molar-refractivity contribution in [3.8, 4) is 0 Å². The van der Waals surface area contributed by atoms with Crippen molar-refractivity contribution in [1.29, 1.82) is 0 Å². The standard InChI is InChI=1S/C20H31N5S.BrH/c1-6-7-8-9-25(13(2)3)18-16-19(23-12-22-18)26-17-14(21)10-20(4,5)11-15(17)24-16;/h12-13H,6-11,21H2,1-5H3;1H. The summed E-state index contributed by atoms with van der Waals surface area (Å²) in [6.07, 6.45) is 7.15. The third-order valence-corrected chi connectivity index (χ3v) is 6.18. The Balaban J connectivity index is 0.00000261. The van der Waals surface area contributed by atoms with Crippen LogP contribution in [0.1, 0.15) is 66.7 Å². The van der Waals surface area contributed by atoms with Gasteiger partial charge in [-0.3, -0.25) is 0 Å². The Hall–Kier alpha value is -1.08. The molecular weight excluding hydrogens is 422 g/mol. The van der Waals surface area contributed by atoms with Crippen molar-refractivity contribution < 1.29 is 0 Å². The van der Waals surface area contributed by atoms with Gasteiger partial charge in [0.2, 0.25) is 0 Å². The van der Waals surface area contributed by atoms with E-state index in [2.05, 4.69) is 49.5 Å². The zero-order valence-corrected chi connectivity index (χ0v) is 19.6. The normalized spacial score (nSPS) is 17.8. The quantitative estimate of drug-likeness (QED) is 0.446. The van der Waals surface area contributed by atoms with Crippen LogP contribution in [0.15, 0.2) is 26.9 Å². The number of anilines is 1. The molecule has 1 aliphatic heterocycles. The fourth-order valence-electron chi connectivity index (χ4n) is 3.70. The van der Waals surface area contributed by atoms with Crippen LogP contribution in [0.25, 0.3) is 0 Å². The van der Waals surface area contributed by atoms with Crippen molar-refractivity contribution in [2.45, 2.75) is 77.8 Å². The number of aliphatic imine (C=N–C) groups is 1. The summed E-state index contributed by atoms with van der Waals surface area (Å²) < 4.78 is 0. The highest BCUT2D eigenvalue weighted by molar-refractivity contribution is 8.93. The fraction of sp³-hybridized carbons (Fsp3) is 0.650. The molecule has 2 N–H and O–H groups in total. The molecule has 0 spiro atoms. The van der Waals surface area contributed by atoms with Crippen molar-refractivity contribution in [3.63, 3.8) is 0 Å². The first-order chi connectivity index (χ1) is 12.3. The van der Waals surface area contributed by atoms with Crippen molar-refractivity contribution >= 4 is 46.0 Å². The first-order valence-electron chi connectivity index (χ1n) is 9.68. The van der Waals surface area contributed by atoms with E-state index < -0.39 is 0 Å². The first-order valence-corrected chi connectivity index (χ1v) is 10.5. The maximum atomic E-state index is 6.37. The second kappa shape index (κ2) is 8.95. The summed E-state index contributed by atoms with van der Waals surface area (Å²) in [6.45, 7) is 12.2. The minimum atomic E-state index is 0. The lowest BCUT2D eigenvalue weighted by Gasteiger charge is -2.35. The van der Waals surface area contributed by atoms with Crippen molar-refractivity contribution in [3.05, 3.63) is 16.9 Å². The summed E-state index contributed by atoms with van der Waals surface area (Å²) in [7, 11) is 0. The van der Waals surface area contributed by atoms with Gasteiger partial charge in [0.25, 0.3) is 0 Å². The summed E-state index contributed by atoms with van der Waals surface area (Å²) in [5.41, 5.74) is 9.49. The topological polar surface area (TPSA) is 67.4 Å². The Morgan fingerprint density at radius 3 is 2.63 bits per heavy atom. The number of thioether (sulfide) groups is 1. The number of unbranched alkanes of at least 4 members (excludes halogenated alkanes) is 2. The lowest BCUT2D eigenvalue weighted by molar-refractivity contribution is 0.371. The van der Waals surface area contributed by atoms with Gasteiger partial charge in [0.1, 0.15) is 17.0 Å². The average Bonchev–Trinajstić information content (AvgIpc) is 2.56. The Morgan fingerprint density at radius 2 is 1.96 bits per heavy atom. The number of halogens is 1. The Labute approximate surface area is 178 Å².